The molecule has 0 aromatic carbocycles. The fourth-order valence-corrected chi connectivity index (χ4v) is 3.93. The van der Waals surface area contributed by atoms with Crippen LogP contribution in [0.15, 0.2) is 0 Å². The molecule has 7 heteroatoms. The topological polar surface area (TPSA) is 122 Å². The van der Waals surface area contributed by atoms with Crippen LogP contribution < -0.4 is 16.4 Å². The van der Waals surface area contributed by atoms with E-state index in [1.165, 1.54) is 6.92 Å². The first-order chi connectivity index (χ1) is 13.6. The molecule has 0 aliphatic heterocycles. The van der Waals surface area contributed by atoms with Gasteiger partial charge in [0.05, 0.1) is 18.1 Å². The number of hydrogen-bond acceptors (Lipinski definition) is 6. The number of ketones is 2. The lowest BCUT2D eigenvalue weighted by Gasteiger charge is -2.33. The SMILES string of the molecule is CC(C)CNC1CCCCC1C(=O)C[C@H](C(=O)N[C@@H](CN)C(=O)C(C)C)[C@H](C)O. The maximum atomic E-state index is 13.0. The second-order valence-corrected chi connectivity index (χ2v) is 9.17. The molecule has 0 aromatic rings. The molecule has 2 unspecified atom stereocenters. The normalized spacial score (nSPS) is 22.9. The molecular formula is C22H41N3O4. The van der Waals surface area contributed by atoms with Crippen LogP contribution in [-0.2, 0) is 14.4 Å². The first kappa shape index (κ1) is 25.7. The zero-order chi connectivity index (χ0) is 22.1. The molecule has 0 bridgehead atoms. The highest BCUT2D eigenvalue weighted by atomic mass is 16.3. The van der Waals surface area contributed by atoms with Crippen molar-refractivity contribution in [2.75, 3.05) is 13.1 Å². The molecule has 1 fully saturated rings. The number of Topliss-reactive ketones (excluding diaryl/α,β-unsaturated/α-hetero) is 2. The number of rotatable bonds is 12. The average molecular weight is 412 g/mol. The van der Waals surface area contributed by atoms with Crippen molar-refractivity contribution >= 4 is 17.5 Å². The van der Waals surface area contributed by atoms with Crippen LogP contribution in [0.25, 0.3) is 0 Å². The third-order valence-corrected chi connectivity index (χ3v) is 5.77. The molecule has 29 heavy (non-hydrogen) atoms. The standard InChI is InChI=1S/C22H41N3O4/c1-13(2)12-24-18-9-7-6-8-16(18)20(27)10-17(15(5)26)22(29)25-19(11-23)21(28)14(3)4/h13-19,24,26H,6-12,23H2,1-5H3,(H,25,29)/t15-,16?,17-,18?,19-/m0/s1. The second kappa shape index (κ2) is 12.4. The summed E-state index contributed by atoms with van der Waals surface area (Å²) in [5.74, 6) is -1.42. The largest absolute Gasteiger partial charge is 0.393 e. The molecular weight excluding hydrogens is 370 g/mol. The van der Waals surface area contributed by atoms with Gasteiger partial charge in [-0.25, -0.2) is 0 Å². The highest BCUT2D eigenvalue weighted by molar-refractivity contribution is 5.93. The zero-order valence-corrected chi connectivity index (χ0v) is 18.7. The molecule has 1 aliphatic rings. The van der Waals surface area contributed by atoms with Crippen LogP contribution in [0.3, 0.4) is 0 Å². The number of aliphatic hydroxyl groups is 1. The van der Waals surface area contributed by atoms with Crippen molar-refractivity contribution in [1.82, 2.24) is 10.6 Å². The molecule has 0 radical (unpaired) electrons. The number of carbonyl (C=O) groups excluding carboxylic acids is 3. The van der Waals surface area contributed by atoms with E-state index in [1.807, 2.05) is 0 Å². The van der Waals surface area contributed by atoms with Gasteiger partial charge in [-0.15, -0.1) is 0 Å². The molecule has 0 heterocycles. The maximum absolute atomic E-state index is 13.0. The highest BCUT2D eigenvalue weighted by Gasteiger charge is 2.35. The van der Waals surface area contributed by atoms with Crippen LogP contribution in [0.4, 0.5) is 0 Å². The van der Waals surface area contributed by atoms with Crippen molar-refractivity contribution < 1.29 is 19.5 Å². The minimum Gasteiger partial charge on any atom is -0.393 e. The molecule has 0 spiro atoms. The summed E-state index contributed by atoms with van der Waals surface area (Å²) in [4.78, 5) is 38.0. The summed E-state index contributed by atoms with van der Waals surface area (Å²) in [6, 6.07) is -0.676. The Balaban J connectivity index is 2.81. The lowest BCUT2D eigenvalue weighted by molar-refractivity contribution is -0.137. The Bertz CT molecular complexity index is 548. The lowest BCUT2D eigenvalue weighted by atomic mass is 9.78. The minimum atomic E-state index is -0.989. The van der Waals surface area contributed by atoms with Gasteiger partial charge in [0, 0.05) is 30.8 Å². The maximum Gasteiger partial charge on any atom is 0.226 e. The van der Waals surface area contributed by atoms with Gasteiger partial charge in [0.25, 0.3) is 0 Å². The molecule has 1 amide bonds. The van der Waals surface area contributed by atoms with Crippen LogP contribution in [0.2, 0.25) is 0 Å². The molecule has 1 rings (SSSR count). The van der Waals surface area contributed by atoms with Gasteiger partial charge < -0.3 is 21.5 Å². The number of hydrogen-bond donors (Lipinski definition) is 4. The van der Waals surface area contributed by atoms with Crippen molar-refractivity contribution in [2.45, 2.75) is 84.9 Å². The van der Waals surface area contributed by atoms with E-state index in [1.54, 1.807) is 13.8 Å². The molecule has 7 nitrogen and oxygen atoms in total. The third kappa shape index (κ3) is 8.15. The number of nitrogens with one attached hydrogen (secondary N) is 2. The Morgan fingerprint density at radius 3 is 2.21 bits per heavy atom. The van der Waals surface area contributed by atoms with Gasteiger partial charge in [0.2, 0.25) is 5.91 Å². The summed E-state index contributed by atoms with van der Waals surface area (Å²) < 4.78 is 0. The predicted molar refractivity (Wildman–Crippen MR) is 114 cm³/mol. The van der Waals surface area contributed by atoms with Crippen LogP contribution in [0.1, 0.15) is 66.7 Å². The van der Waals surface area contributed by atoms with E-state index < -0.39 is 24.0 Å². The first-order valence-corrected chi connectivity index (χ1v) is 11.1. The summed E-state index contributed by atoms with van der Waals surface area (Å²) in [7, 11) is 0. The van der Waals surface area contributed by atoms with Gasteiger partial charge in [-0.1, -0.05) is 40.5 Å². The van der Waals surface area contributed by atoms with Crippen molar-refractivity contribution in [3.63, 3.8) is 0 Å². The summed E-state index contributed by atoms with van der Waals surface area (Å²) in [5, 5.41) is 16.3. The van der Waals surface area contributed by atoms with Gasteiger partial charge in [-0.2, -0.15) is 0 Å². The zero-order valence-electron chi connectivity index (χ0n) is 18.7. The Morgan fingerprint density at radius 1 is 1.07 bits per heavy atom. The third-order valence-electron chi connectivity index (χ3n) is 5.77. The van der Waals surface area contributed by atoms with Crippen molar-refractivity contribution in [3.8, 4) is 0 Å². The minimum absolute atomic E-state index is 0.00601. The predicted octanol–water partition coefficient (Wildman–Crippen LogP) is 1.42. The Hall–Kier alpha value is -1.31. The second-order valence-electron chi connectivity index (χ2n) is 9.17. The summed E-state index contributed by atoms with van der Waals surface area (Å²) in [6.45, 7) is 10.1. The van der Waals surface area contributed by atoms with E-state index in [0.29, 0.717) is 5.92 Å². The van der Waals surface area contributed by atoms with Crippen LogP contribution >= 0.6 is 0 Å². The molecule has 5 atom stereocenters. The molecule has 0 saturated heterocycles. The van der Waals surface area contributed by atoms with E-state index in [9.17, 15) is 19.5 Å². The fraction of sp³-hybridized carbons (Fsp3) is 0.864. The average Bonchev–Trinajstić information content (AvgIpc) is 2.67. The molecule has 1 aliphatic carbocycles. The van der Waals surface area contributed by atoms with Crippen molar-refractivity contribution in [3.05, 3.63) is 0 Å². The van der Waals surface area contributed by atoms with Gasteiger partial charge in [0.15, 0.2) is 5.78 Å². The molecule has 1 saturated carbocycles. The van der Waals surface area contributed by atoms with E-state index in [4.69, 9.17) is 5.73 Å². The van der Waals surface area contributed by atoms with Crippen molar-refractivity contribution in [2.24, 2.45) is 29.4 Å². The summed E-state index contributed by atoms with van der Waals surface area (Å²) >= 11 is 0. The fourth-order valence-electron chi connectivity index (χ4n) is 3.93. The van der Waals surface area contributed by atoms with Crippen molar-refractivity contribution in [1.29, 1.82) is 0 Å². The quantitative estimate of drug-likeness (QED) is 0.385. The van der Waals surface area contributed by atoms with E-state index in [0.717, 1.165) is 32.2 Å². The molecule has 168 valence electrons. The number of amides is 1. The smallest absolute Gasteiger partial charge is 0.226 e. The van der Waals surface area contributed by atoms with E-state index in [-0.39, 0.29) is 42.4 Å². The molecule has 0 aromatic heterocycles. The lowest BCUT2D eigenvalue weighted by Crippen LogP contribution is -2.51. The van der Waals surface area contributed by atoms with Gasteiger partial charge in [0.1, 0.15) is 5.78 Å². The monoisotopic (exact) mass is 411 g/mol. The van der Waals surface area contributed by atoms with Crippen LogP contribution in [0.5, 0.6) is 0 Å². The van der Waals surface area contributed by atoms with Gasteiger partial charge in [-0.3, -0.25) is 14.4 Å². The van der Waals surface area contributed by atoms with Gasteiger partial charge in [-0.05, 0) is 32.2 Å². The number of carbonyl (C=O) groups is 3. The Morgan fingerprint density at radius 2 is 1.69 bits per heavy atom. The van der Waals surface area contributed by atoms with Gasteiger partial charge >= 0.3 is 0 Å². The Labute approximate surface area is 175 Å². The summed E-state index contributed by atoms with van der Waals surface area (Å²) in [6.07, 6.45) is 2.83. The van der Waals surface area contributed by atoms with E-state index >= 15 is 0 Å². The number of aliphatic hydroxyl groups excluding tert-OH is 1. The van der Waals surface area contributed by atoms with Crippen LogP contribution in [-0.4, -0.2) is 53.9 Å². The Kier molecular flexibility index (Phi) is 11.0. The summed E-state index contributed by atoms with van der Waals surface area (Å²) in [5.41, 5.74) is 5.66. The van der Waals surface area contributed by atoms with E-state index in [2.05, 4.69) is 24.5 Å². The first-order valence-electron chi connectivity index (χ1n) is 11.1. The van der Waals surface area contributed by atoms with Crippen LogP contribution in [0, 0.1) is 23.7 Å². The highest BCUT2D eigenvalue weighted by Crippen LogP contribution is 2.28. The molecule has 5 N–H and O–H groups in total. The number of nitrogens with two attached hydrogens (primary N) is 1.